The quantitative estimate of drug-likeness (QED) is 0.396. The van der Waals surface area contributed by atoms with Crippen LogP contribution in [0.4, 0.5) is 11.6 Å². The van der Waals surface area contributed by atoms with Crippen molar-refractivity contribution in [3.05, 3.63) is 86.3 Å². The number of aryl methyl sites for hydroxylation is 2. The molecule has 0 aliphatic heterocycles. The van der Waals surface area contributed by atoms with Crippen LogP contribution in [-0.2, 0) is 17.8 Å². The molecule has 0 fully saturated rings. The van der Waals surface area contributed by atoms with Crippen molar-refractivity contribution >= 4 is 34.9 Å². The van der Waals surface area contributed by atoms with Crippen molar-refractivity contribution in [1.29, 1.82) is 0 Å². The molecule has 0 atom stereocenters. The fourth-order valence-corrected chi connectivity index (χ4v) is 3.43. The van der Waals surface area contributed by atoms with Crippen LogP contribution in [0.2, 0.25) is 5.02 Å². The Balaban J connectivity index is 1.45. The van der Waals surface area contributed by atoms with Crippen LogP contribution in [0.1, 0.15) is 28.8 Å². The normalized spacial score (nSPS) is 11.0. The molecular weight excluding hydrogens is 428 g/mol. The van der Waals surface area contributed by atoms with Crippen molar-refractivity contribution in [2.45, 2.75) is 33.2 Å². The van der Waals surface area contributed by atoms with Crippen LogP contribution < -0.4 is 16.2 Å². The third kappa shape index (κ3) is 4.97. The Bertz CT molecular complexity index is 1310. The molecule has 4 rings (SSSR count). The second-order valence-electron chi connectivity index (χ2n) is 7.58. The van der Waals surface area contributed by atoms with Crippen LogP contribution in [0, 0.1) is 13.8 Å². The molecule has 2 aromatic carbocycles. The maximum atomic E-state index is 13.0. The van der Waals surface area contributed by atoms with Crippen LogP contribution >= 0.6 is 11.6 Å². The second kappa shape index (κ2) is 9.23. The first-order chi connectivity index (χ1) is 15.4. The van der Waals surface area contributed by atoms with E-state index in [2.05, 4.69) is 25.7 Å². The van der Waals surface area contributed by atoms with Crippen molar-refractivity contribution in [2.24, 2.45) is 0 Å². The zero-order valence-corrected chi connectivity index (χ0v) is 18.5. The van der Waals surface area contributed by atoms with E-state index in [-0.39, 0.29) is 30.1 Å². The van der Waals surface area contributed by atoms with E-state index in [1.54, 1.807) is 31.2 Å². The molecule has 8 nitrogen and oxygen atoms in total. The highest BCUT2D eigenvalue weighted by Gasteiger charge is 2.15. The number of nitrogens with one attached hydrogen (secondary N) is 3. The molecular formula is C23H23ClN6O2. The summed E-state index contributed by atoms with van der Waals surface area (Å²) in [6.07, 6.45) is 0.421. The van der Waals surface area contributed by atoms with Gasteiger partial charge in [0, 0.05) is 29.2 Å². The summed E-state index contributed by atoms with van der Waals surface area (Å²) in [5, 5.41) is 9.52. The van der Waals surface area contributed by atoms with E-state index < -0.39 is 0 Å². The van der Waals surface area contributed by atoms with Crippen LogP contribution in [0.25, 0.3) is 5.78 Å². The van der Waals surface area contributed by atoms with Gasteiger partial charge in [-0.2, -0.15) is 9.50 Å². The topological polar surface area (TPSA) is 104 Å². The fraction of sp³-hybridized carbons (Fsp3) is 0.217. The predicted octanol–water partition coefficient (Wildman–Crippen LogP) is 3.87. The minimum atomic E-state index is -0.261. The highest BCUT2D eigenvalue weighted by molar-refractivity contribution is 6.30. The standard InChI is InChI=1S/C23H23ClN6O2/c1-14-3-5-16(6-4-14)13-25-22-28-23-26-15(2)19(21(32)30(23)29-22)11-12-20(31)27-18-9-7-17(24)8-10-18/h3-10H,11-13H2,1-2H3,(H,27,31)(H2,25,26,28,29). The Labute approximate surface area is 189 Å². The number of aromatic nitrogens is 4. The number of hydrogen-bond acceptors (Lipinski definition) is 5. The van der Waals surface area contributed by atoms with Gasteiger partial charge in [-0.3, -0.25) is 14.7 Å². The maximum Gasteiger partial charge on any atom is 0.277 e. The number of amides is 1. The van der Waals surface area contributed by atoms with Crippen molar-refractivity contribution < 1.29 is 4.79 Å². The largest absolute Gasteiger partial charge is 0.351 e. The number of H-pyrrole nitrogens is 1. The molecule has 2 aromatic heterocycles. The molecule has 0 radical (unpaired) electrons. The van der Waals surface area contributed by atoms with Gasteiger partial charge in [0.1, 0.15) is 0 Å². The Kier molecular flexibility index (Phi) is 6.23. The molecule has 4 aromatic rings. The molecule has 0 aliphatic rings. The predicted molar refractivity (Wildman–Crippen MR) is 125 cm³/mol. The Morgan fingerprint density at radius 2 is 1.78 bits per heavy atom. The number of hydrogen-bond donors (Lipinski definition) is 3. The number of rotatable bonds is 7. The molecule has 0 aliphatic carbocycles. The molecule has 9 heteroatoms. The lowest BCUT2D eigenvalue weighted by atomic mass is 10.1. The summed E-state index contributed by atoms with van der Waals surface area (Å²) in [4.78, 5) is 34.0. The maximum absolute atomic E-state index is 13.0. The summed E-state index contributed by atoms with van der Waals surface area (Å²) < 4.78 is 1.30. The van der Waals surface area contributed by atoms with Gasteiger partial charge in [-0.25, -0.2) is 4.98 Å². The van der Waals surface area contributed by atoms with Gasteiger partial charge in [-0.15, -0.1) is 0 Å². The van der Waals surface area contributed by atoms with Crippen LogP contribution in [0.15, 0.2) is 53.3 Å². The third-order valence-corrected chi connectivity index (χ3v) is 5.36. The first-order valence-electron chi connectivity index (χ1n) is 10.2. The van der Waals surface area contributed by atoms with E-state index in [1.807, 2.05) is 31.2 Å². The highest BCUT2D eigenvalue weighted by atomic mass is 35.5. The number of carbonyl (C=O) groups excluding carboxylic acids is 1. The highest BCUT2D eigenvalue weighted by Crippen LogP contribution is 2.14. The van der Waals surface area contributed by atoms with Crippen molar-refractivity contribution in [1.82, 2.24) is 19.6 Å². The van der Waals surface area contributed by atoms with Gasteiger partial charge in [-0.1, -0.05) is 41.4 Å². The molecule has 0 spiro atoms. The zero-order chi connectivity index (χ0) is 22.7. The summed E-state index contributed by atoms with van der Waals surface area (Å²) in [5.41, 5.74) is 3.72. The number of fused-ring (bicyclic) bond motifs is 1. The van der Waals surface area contributed by atoms with Crippen molar-refractivity contribution in [3.8, 4) is 0 Å². The SMILES string of the molecule is Cc1ccc(CNc2nc3nc(C)c(CCC(=O)Nc4ccc(Cl)cc4)c(=O)n3[nH]2)cc1. The first kappa shape index (κ1) is 21.6. The molecule has 1 amide bonds. The minimum Gasteiger partial charge on any atom is -0.351 e. The summed E-state index contributed by atoms with van der Waals surface area (Å²) in [5.74, 6) is 0.543. The van der Waals surface area contributed by atoms with E-state index in [0.29, 0.717) is 34.5 Å². The summed E-state index contributed by atoms with van der Waals surface area (Å²) in [6.45, 7) is 4.35. The van der Waals surface area contributed by atoms with Crippen LogP contribution in [0.5, 0.6) is 0 Å². The van der Waals surface area contributed by atoms with E-state index in [0.717, 1.165) is 5.56 Å². The molecule has 32 heavy (non-hydrogen) atoms. The number of aromatic amines is 1. The van der Waals surface area contributed by atoms with Crippen LogP contribution in [-0.4, -0.2) is 25.5 Å². The number of nitrogens with zero attached hydrogens (tertiary/aromatic N) is 3. The number of benzene rings is 2. The van der Waals surface area contributed by atoms with Gasteiger partial charge < -0.3 is 10.6 Å². The van der Waals surface area contributed by atoms with E-state index in [9.17, 15) is 9.59 Å². The smallest absolute Gasteiger partial charge is 0.277 e. The average molecular weight is 451 g/mol. The molecule has 2 heterocycles. The summed E-state index contributed by atoms with van der Waals surface area (Å²) in [6, 6.07) is 15.0. The molecule has 0 unspecified atom stereocenters. The molecule has 0 saturated heterocycles. The number of anilines is 2. The lowest BCUT2D eigenvalue weighted by Crippen LogP contribution is -2.23. The molecule has 0 bridgehead atoms. The molecule has 3 N–H and O–H groups in total. The molecule has 164 valence electrons. The first-order valence-corrected chi connectivity index (χ1v) is 10.6. The van der Waals surface area contributed by atoms with Gasteiger partial charge in [0.2, 0.25) is 11.9 Å². The van der Waals surface area contributed by atoms with Crippen molar-refractivity contribution in [2.75, 3.05) is 10.6 Å². The lowest BCUT2D eigenvalue weighted by molar-refractivity contribution is -0.116. The van der Waals surface area contributed by atoms with Gasteiger partial charge in [0.05, 0.1) is 5.69 Å². The minimum absolute atomic E-state index is 0.152. The number of halogens is 1. The summed E-state index contributed by atoms with van der Waals surface area (Å²) in [7, 11) is 0. The second-order valence-corrected chi connectivity index (χ2v) is 8.02. The van der Waals surface area contributed by atoms with E-state index >= 15 is 0 Å². The Morgan fingerprint density at radius 3 is 2.50 bits per heavy atom. The number of carbonyl (C=O) groups is 1. The van der Waals surface area contributed by atoms with Gasteiger partial charge in [0.15, 0.2) is 0 Å². The van der Waals surface area contributed by atoms with E-state index in [4.69, 9.17) is 11.6 Å². The van der Waals surface area contributed by atoms with Gasteiger partial charge >= 0.3 is 0 Å². The van der Waals surface area contributed by atoms with E-state index in [1.165, 1.54) is 10.1 Å². The zero-order valence-electron chi connectivity index (χ0n) is 17.8. The Morgan fingerprint density at radius 1 is 1.06 bits per heavy atom. The lowest BCUT2D eigenvalue weighted by Gasteiger charge is -2.07. The third-order valence-electron chi connectivity index (χ3n) is 5.11. The Hall–Kier alpha value is -3.65. The summed E-state index contributed by atoms with van der Waals surface area (Å²) >= 11 is 5.86. The van der Waals surface area contributed by atoms with Gasteiger partial charge in [-0.05, 0) is 50.1 Å². The molecule has 0 saturated carbocycles. The fourth-order valence-electron chi connectivity index (χ4n) is 3.31. The van der Waals surface area contributed by atoms with Crippen LogP contribution in [0.3, 0.4) is 0 Å². The average Bonchev–Trinajstić information content (AvgIpc) is 3.18. The van der Waals surface area contributed by atoms with Gasteiger partial charge in [0.25, 0.3) is 11.3 Å². The van der Waals surface area contributed by atoms with Crippen molar-refractivity contribution in [3.63, 3.8) is 0 Å². The monoisotopic (exact) mass is 450 g/mol.